The van der Waals surface area contributed by atoms with Crippen molar-refractivity contribution in [3.8, 4) is 0 Å². The van der Waals surface area contributed by atoms with Crippen LogP contribution >= 0.6 is 0 Å². The molecule has 1 unspecified atom stereocenters. The maximum Gasteiger partial charge on any atom is 0.325 e. The number of esters is 1. The van der Waals surface area contributed by atoms with Crippen molar-refractivity contribution >= 4 is 5.97 Å². The molecule has 0 aromatic rings. The van der Waals surface area contributed by atoms with Gasteiger partial charge in [-0.05, 0) is 19.3 Å². The van der Waals surface area contributed by atoms with Crippen molar-refractivity contribution in [2.24, 2.45) is 0 Å². The minimum absolute atomic E-state index is 0.149. The third kappa shape index (κ3) is 2.19. The summed E-state index contributed by atoms with van der Waals surface area (Å²) in [5.74, 6) is -0.149. The molecule has 0 amide bonds. The minimum Gasteiger partial charge on any atom is -0.461 e. The van der Waals surface area contributed by atoms with Gasteiger partial charge in [-0.1, -0.05) is 0 Å². The summed E-state index contributed by atoms with van der Waals surface area (Å²) in [6.45, 7) is 1.88. The van der Waals surface area contributed by atoms with Gasteiger partial charge in [0.05, 0.1) is 13.2 Å². The average Bonchev–Trinajstić information content (AvgIpc) is 2.12. The lowest BCUT2D eigenvalue weighted by molar-refractivity contribution is -0.158. The smallest absolute Gasteiger partial charge is 0.325 e. The van der Waals surface area contributed by atoms with Gasteiger partial charge in [0.1, 0.15) is 12.1 Å². The number of nitrogens with one attached hydrogen (secondary N) is 1. The lowest BCUT2D eigenvalue weighted by Gasteiger charge is -2.29. The fraction of sp³-hybridized carbons (Fsp3) is 0.889. The van der Waals surface area contributed by atoms with Crippen LogP contribution in [0.25, 0.3) is 0 Å². The quantitative estimate of drug-likeness (QED) is 0.618. The van der Waals surface area contributed by atoms with Crippen molar-refractivity contribution in [1.29, 1.82) is 0 Å². The highest BCUT2D eigenvalue weighted by Gasteiger charge is 2.27. The maximum atomic E-state index is 11.4. The van der Waals surface area contributed by atoms with Gasteiger partial charge in [0.25, 0.3) is 0 Å². The van der Waals surface area contributed by atoms with Crippen molar-refractivity contribution in [2.45, 2.75) is 31.4 Å². The van der Waals surface area contributed by atoms with Crippen LogP contribution in [0.1, 0.15) is 19.3 Å². The van der Waals surface area contributed by atoms with Crippen LogP contribution in [-0.2, 0) is 14.3 Å². The summed E-state index contributed by atoms with van der Waals surface area (Å²) in [5.41, 5.74) is 0. The summed E-state index contributed by atoms with van der Waals surface area (Å²) < 4.78 is 10.4. The van der Waals surface area contributed by atoms with Crippen LogP contribution in [0, 0.1) is 0 Å². The number of morpholine rings is 1. The number of carbonyl (C=O) groups excluding carboxylic acids is 1. The van der Waals surface area contributed by atoms with E-state index in [9.17, 15) is 4.79 Å². The highest BCUT2D eigenvalue weighted by Crippen LogP contribution is 2.22. The van der Waals surface area contributed by atoms with Gasteiger partial charge in [-0.2, -0.15) is 0 Å². The van der Waals surface area contributed by atoms with Crippen LogP contribution in [0.2, 0.25) is 0 Å². The minimum atomic E-state index is -0.241. The molecule has 0 spiro atoms. The van der Waals surface area contributed by atoms with E-state index < -0.39 is 0 Å². The van der Waals surface area contributed by atoms with Crippen molar-refractivity contribution in [3.05, 3.63) is 0 Å². The third-order valence-corrected chi connectivity index (χ3v) is 2.54. The van der Waals surface area contributed by atoms with Crippen molar-refractivity contribution in [3.63, 3.8) is 0 Å². The van der Waals surface area contributed by atoms with Crippen molar-refractivity contribution in [2.75, 3.05) is 19.8 Å². The molecule has 1 aliphatic carbocycles. The summed E-state index contributed by atoms with van der Waals surface area (Å²) >= 11 is 0. The van der Waals surface area contributed by atoms with Crippen LogP contribution in [0.3, 0.4) is 0 Å². The normalized spacial score (nSPS) is 29.4. The lowest BCUT2D eigenvalue weighted by Crippen LogP contribution is -2.48. The molecule has 0 radical (unpaired) electrons. The Morgan fingerprint density at radius 2 is 2.31 bits per heavy atom. The Labute approximate surface area is 77.6 Å². The van der Waals surface area contributed by atoms with Crippen molar-refractivity contribution in [1.82, 2.24) is 5.32 Å². The van der Waals surface area contributed by atoms with Gasteiger partial charge in [0.2, 0.25) is 0 Å². The highest BCUT2D eigenvalue weighted by atomic mass is 16.6. The Morgan fingerprint density at radius 3 is 2.85 bits per heavy atom. The van der Waals surface area contributed by atoms with E-state index in [-0.39, 0.29) is 18.1 Å². The number of hydrogen-bond acceptors (Lipinski definition) is 4. The van der Waals surface area contributed by atoms with Gasteiger partial charge >= 0.3 is 5.97 Å². The van der Waals surface area contributed by atoms with Crippen LogP contribution in [-0.4, -0.2) is 37.9 Å². The molecule has 2 fully saturated rings. The first-order valence-electron chi connectivity index (χ1n) is 4.88. The molecule has 4 heteroatoms. The Morgan fingerprint density at radius 1 is 1.46 bits per heavy atom. The number of hydrogen-bond donors (Lipinski definition) is 1. The Kier molecular flexibility index (Phi) is 2.80. The van der Waals surface area contributed by atoms with Crippen LogP contribution in [0.5, 0.6) is 0 Å². The van der Waals surface area contributed by atoms with Crippen LogP contribution in [0.15, 0.2) is 0 Å². The van der Waals surface area contributed by atoms with Gasteiger partial charge in [0.15, 0.2) is 0 Å². The van der Waals surface area contributed by atoms with Crippen LogP contribution in [0.4, 0.5) is 0 Å². The number of carbonyl (C=O) groups is 1. The Bertz CT molecular complexity index is 185. The summed E-state index contributed by atoms with van der Waals surface area (Å²) in [6.07, 6.45) is 3.42. The first-order chi connectivity index (χ1) is 6.36. The number of rotatable bonds is 2. The fourth-order valence-corrected chi connectivity index (χ4v) is 1.45. The van der Waals surface area contributed by atoms with E-state index in [0.29, 0.717) is 13.2 Å². The predicted octanol–water partition coefficient (Wildman–Crippen LogP) is 0.0705. The highest BCUT2D eigenvalue weighted by molar-refractivity contribution is 5.76. The molecule has 0 bridgehead atoms. The monoisotopic (exact) mass is 185 g/mol. The largest absolute Gasteiger partial charge is 0.461 e. The molecule has 1 saturated heterocycles. The lowest BCUT2D eigenvalue weighted by atomic mass is 9.96. The molecular weight excluding hydrogens is 170 g/mol. The molecule has 2 aliphatic rings. The fourth-order valence-electron chi connectivity index (χ4n) is 1.45. The molecule has 1 atom stereocenters. The Hall–Kier alpha value is -0.610. The summed E-state index contributed by atoms with van der Waals surface area (Å²) in [4.78, 5) is 11.4. The molecule has 0 aromatic heterocycles. The van der Waals surface area contributed by atoms with Gasteiger partial charge in [-0.15, -0.1) is 0 Å². The first kappa shape index (κ1) is 8.97. The zero-order valence-corrected chi connectivity index (χ0v) is 7.62. The van der Waals surface area contributed by atoms with E-state index in [1.165, 1.54) is 6.42 Å². The standard InChI is InChI=1S/C9H15NO3/c11-9(13-7-2-1-3-7)8-6-12-5-4-10-8/h7-8,10H,1-6H2. The molecule has 1 heterocycles. The van der Waals surface area contributed by atoms with E-state index in [1.807, 2.05) is 0 Å². The van der Waals surface area contributed by atoms with E-state index in [2.05, 4.69) is 5.32 Å². The molecule has 1 N–H and O–H groups in total. The molecule has 13 heavy (non-hydrogen) atoms. The molecule has 1 aliphatic heterocycles. The van der Waals surface area contributed by atoms with Crippen molar-refractivity contribution < 1.29 is 14.3 Å². The SMILES string of the molecule is O=C(OC1CCC1)C1COCCN1. The Balaban J connectivity index is 1.74. The second-order valence-electron chi connectivity index (χ2n) is 3.57. The van der Waals surface area contributed by atoms with Gasteiger partial charge in [-0.3, -0.25) is 4.79 Å². The van der Waals surface area contributed by atoms with E-state index in [1.54, 1.807) is 0 Å². The second-order valence-corrected chi connectivity index (χ2v) is 3.57. The van der Waals surface area contributed by atoms with Gasteiger partial charge < -0.3 is 14.8 Å². The molecule has 74 valence electrons. The van der Waals surface area contributed by atoms with E-state index in [4.69, 9.17) is 9.47 Å². The molecule has 2 rings (SSSR count). The second kappa shape index (κ2) is 4.07. The summed E-state index contributed by atoms with van der Waals surface area (Å²) in [6, 6.07) is -0.241. The average molecular weight is 185 g/mol. The van der Waals surface area contributed by atoms with Gasteiger partial charge in [0, 0.05) is 6.54 Å². The zero-order valence-electron chi connectivity index (χ0n) is 7.62. The third-order valence-electron chi connectivity index (χ3n) is 2.54. The maximum absolute atomic E-state index is 11.4. The molecular formula is C9H15NO3. The summed E-state index contributed by atoms with van der Waals surface area (Å²) in [7, 11) is 0. The molecule has 4 nitrogen and oxygen atoms in total. The molecule has 0 aromatic carbocycles. The number of ether oxygens (including phenoxy) is 2. The van der Waals surface area contributed by atoms with Crippen LogP contribution < -0.4 is 5.32 Å². The predicted molar refractivity (Wildman–Crippen MR) is 46.3 cm³/mol. The first-order valence-corrected chi connectivity index (χ1v) is 4.88. The van der Waals surface area contributed by atoms with E-state index in [0.717, 1.165) is 19.4 Å². The zero-order chi connectivity index (χ0) is 9.10. The summed E-state index contributed by atoms with van der Waals surface area (Å²) in [5, 5.41) is 3.07. The van der Waals surface area contributed by atoms with E-state index >= 15 is 0 Å². The van der Waals surface area contributed by atoms with Gasteiger partial charge in [-0.25, -0.2) is 0 Å². The molecule has 1 saturated carbocycles. The topological polar surface area (TPSA) is 47.6 Å².